The first-order valence-electron chi connectivity index (χ1n) is 24.0. The van der Waals surface area contributed by atoms with Crippen LogP contribution in [0.3, 0.4) is 0 Å². The van der Waals surface area contributed by atoms with Crippen molar-refractivity contribution in [3.63, 3.8) is 0 Å². The molecular weight excluding hydrogens is 821 g/mol. The van der Waals surface area contributed by atoms with Gasteiger partial charge in [-0.05, 0) is 218 Å². The first-order chi connectivity index (χ1) is 33.4. The molecule has 1 aliphatic carbocycles. The van der Waals surface area contributed by atoms with Crippen molar-refractivity contribution in [2.24, 2.45) is 0 Å². The van der Waals surface area contributed by atoms with E-state index in [2.05, 4.69) is 256 Å². The Morgan fingerprint density at radius 3 is 1.38 bits per heavy atom. The Hall–Kier alpha value is -8.20. The van der Waals surface area contributed by atoms with E-state index in [9.17, 15) is 0 Å². The molecule has 0 aromatic heterocycles. The van der Waals surface area contributed by atoms with Crippen molar-refractivity contribution in [3.05, 3.63) is 246 Å². The molecular formula is C66H52N2. The van der Waals surface area contributed by atoms with Crippen LogP contribution in [-0.4, -0.2) is 0 Å². The number of para-hydroxylation sites is 2. The highest BCUT2D eigenvalue weighted by atomic mass is 15.1. The maximum atomic E-state index is 2.49. The van der Waals surface area contributed by atoms with Gasteiger partial charge in [0.15, 0.2) is 0 Å². The zero-order valence-electron chi connectivity index (χ0n) is 39.1. The molecule has 11 aromatic rings. The zero-order chi connectivity index (χ0) is 45.9. The average Bonchev–Trinajstić information content (AvgIpc) is 3.35. The topological polar surface area (TPSA) is 6.48 Å². The molecule has 0 saturated carbocycles. The van der Waals surface area contributed by atoms with Crippen LogP contribution in [0.1, 0.15) is 39.8 Å². The fourth-order valence-electron chi connectivity index (χ4n) is 11.2. The van der Waals surface area contributed by atoms with E-state index in [0.29, 0.717) is 0 Å². The third kappa shape index (κ3) is 7.21. The van der Waals surface area contributed by atoms with Gasteiger partial charge in [-0.15, -0.1) is 0 Å². The summed E-state index contributed by atoms with van der Waals surface area (Å²) in [5.74, 6) is 0. The van der Waals surface area contributed by atoms with Crippen LogP contribution in [0.15, 0.2) is 212 Å². The van der Waals surface area contributed by atoms with Gasteiger partial charge in [0.05, 0.1) is 0 Å². The van der Waals surface area contributed by atoms with Crippen molar-refractivity contribution in [1.29, 1.82) is 0 Å². The number of anilines is 6. The van der Waals surface area contributed by atoms with Crippen molar-refractivity contribution >= 4 is 83.3 Å². The molecule has 0 atom stereocenters. The molecule has 0 amide bonds. The van der Waals surface area contributed by atoms with E-state index >= 15 is 0 Å². The lowest BCUT2D eigenvalue weighted by Crippen LogP contribution is -2.11. The third-order valence-electron chi connectivity index (χ3n) is 13.9. The highest BCUT2D eigenvalue weighted by Crippen LogP contribution is 2.51. The van der Waals surface area contributed by atoms with Crippen molar-refractivity contribution in [2.45, 2.75) is 40.5 Å². The lowest BCUT2D eigenvalue weighted by atomic mass is 9.81. The molecule has 0 aliphatic heterocycles. The number of benzene rings is 11. The maximum Gasteiger partial charge on any atom is 0.0468 e. The number of nitrogens with zero attached hydrogens (tertiary/aromatic N) is 2. The van der Waals surface area contributed by atoms with E-state index in [1.807, 2.05) is 0 Å². The second kappa shape index (κ2) is 16.9. The van der Waals surface area contributed by atoms with Gasteiger partial charge in [0.25, 0.3) is 0 Å². The molecule has 11 aromatic carbocycles. The summed E-state index contributed by atoms with van der Waals surface area (Å²) in [5, 5.41) is 9.95. The normalized spacial score (nSPS) is 12.2. The first-order valence-corrected chi connectivity index (χ1v) is 24.0. The van der Waals surface area contributed by atoms with Gasteiger partial charge >= 0.3 is 0 Å². The molecule has 2 nitrogen and oxygen atoms in total. The Kier molecular flexibility index (Phi) is 10.3. The summed E-state index contributed by atoms with van der Waals surface area (Å²) in [4.78, 5) is 4.86. The van der Waals surface area contributed by atoms with E-state index in [-0.39, 0.29) is 0 Å². The smallest absolute Gasteiger partial charge is 0.0468 e. The Balaban J connectivity index is 1.26. The van der Waals surface area contributed by atoms with Crippen molar-refractivity contribution in [1.82, 2.24) is 0 Å². The summed E-state index contributed by atoms with van der Waals surface area (Å²) in [6.45, 7) is 8.79. The Bertz CT molecular complexity index is 3740. The molecule has 0 fully saturated rings. The van der Waals surface area contributed by atoms with Gasteiger partial charge in [-0.2, -0.15) is 0 Å². The van der Waals surface area contributed by atoms with E-state index in [4.69, 9.17) is 0 Å². The minimum absolute atomic E-state index is 1.04. The van der Waals surface area contributed by atoms with Crippen LogP contribution in [0.5, 0.6) is 0 Å². The average molecular weight is 873 g/mol. The first kappa shape index (κ1) is 41.2. The van der Waals surface area contributed by atoms with E-state index in [0.717, 1.165) is 47.0 Å². The molecule has 2 heteroatoms. The van der Waals surface area contributed by atoms with Crippen LogP contribution in [0.2, 0.25) is 0 Å². The quantitative estimate of drug-likeness (QED) is 0.140. The number of allylic oxidation sites excluding steroid dienone is 1. The molecule has 12 rings (SSSR count). The zero-order valence-corrected chi connectivity index (χ0v) is 39.1. The van der Waals surface area contributed by atoms with Gasteiger partial charge < -0.3 is 9.80 Å². The highest BCUT2D eigenvalue weighted by Gasteiger charge is 2.25. The molecule has 0 unspecified atom stereocenters. The summed E-state index contributed by atoms with van der Waals surface area (Å²) in [5.41, 5.74) is 19.4. The van der Waals surface area contributed by atoms with E-state index < -0.39 is 0 Å². The van der Waals surface area contributed by atoms with Crippen LogP contribution in [0.25, 0.3) is 71.4 Å². The van der Waals surface area contributed by atoms with Crippen LogP contribution in [-0.2, 0) is 6.42 Å². The molecule has 1 aliphatic rings. The molecule has 0 N–H and O–H groups in total. The lowest BCUT2D eigenvalue weighted by molar-refractivity contribution is 0.997. The number of aryl methyl sites for hydroxylation is 5. The number of rotatable bonds is 8. The van der Waals surface area contributed by atoms with Gasteiger partial charge in [0, 0.05) is 34.1 Å². The second-order valence-electron chi connectivity index (χ2n) is 18.7. The molecule has 0 spiro atoms. The van der Waals surface area contributed by atoms with Gasteiger partial charge in [-0.1, -0.05) is 140 Å². The van der Waals surface area contributed by atoms with Crippen LogP contribution in [0.4, 0.5) is 34.1 Å². The van der Waals surface area contributed by atoms with Gasteiger partial charge in [0.2, 0.25) is 0 Å². The van der Waals surface area contributed by atoms with Gasteiger partial charge in [-0.3, -0.25) is 0 Å². The van der Waals surface area contributed by atoms with Crippen molar-refractivity contribution in [3.8, 4) is 22.3 Å². The summed E-state index contributed by atoms with van der Waals surface area (Å²) >= 11 is 0. The van der Waals surface area contributed by atoms with E-state index in [1.165, 1.54) is 98.7 Å². The minimum atomic E-state index is 1.04. The second-order valence-corrected chi connectivity index (χ2v) is 18.7. The maximum absolute atomic E-state index is 2.49. The van der Waals surface area contributed by atoms with E-state index in [1.54, 1.807) is 0 Å². The fourth-order valence-corrected chi connectivity index (χ4v) is 11.2. The Morgan fingerprint density at radius 2 is 0.809 bits per heavy atom. The lowest BCUT2D eigenvalue weighted by Gasteiger charge is -2.29. The highest BCUT2D eigenvalue weighted by molar-refractivity contribution is 6.26. The number of hydrogen-bond acceptors (Lipinski definition) is 2. The monoisotopic (exact) mass is 872 g/mol. The molecule has 0 bridgehead atoms. The molecule has 0 heterocycles. The molecule has 0 radical (unpaired) electrons. The largest absolute Gasteiger partial charge is 0.310 e. The van der Waals surface area contributed by atoms with Gasteiger partial charge in [-0.25, -0.2) is 0 Å². The van der Waals surface area contributed by atoms with Gasteiger partial charge in [0.1, 0.15) is 0 Å². The van der Waals surface area contributed by atoms with Crippen LogP contribution < -0.4 is 9.80 Å². The number of fused-ring (bicyclic) bond motifs is 6. The third-order valence-corrected chi connectivity index (χ3v) is 13.9. The van der Waals surface area contributed by atoms with Crippen LogP contribution >= 0.6 is 0 Å². The summed E-state index contributed by atoms with van der Waals surface area (Å²) < 4.78 is 0. The molecule has 326 valence electrons. The summed E-state index contributed by atoms with van der Waals surface area (Å²) in [6, 6.07) is 77.2. The summed E-state index contributed by atoms with van der Waals surface area (Å²) in [7, 11) is 0. The van der Waals surface area contributed by atoms with Crippen molar-refractivity contribution < 1.29 is 0 Å². The van der Waals surface area contributed by atoms with Crippen molar-refractivity contribution in [2.75, 3.05) is 9.80 Å². The van der Waals surface area contributed by atoms with Crippen LogP contribution in [0, 0.1) is 27.7 Å². The predicted molar refractivity (Wildman–Crippen MR) is 293 cm³/mol. The minimum Gasteiger partial charge on any atom is -0.310 e. The number of hydrogen-bond donors (Lipinski definition) is 0. The SMILES string of the molecule is Cc1cc(C)cc(N(c2ccccc2)c2ccc3c(-c4cc5c(c6ccccc46)CCC=C5)c4cc(N(c5ccccc5)c5cc(C)cc(C)c5)ccc4c(-c4cccc5ccccc45)c3c2)c1. The Morgan fingerprint density at radius 1 is 0.324 bits per heavy atom. The predicted octanol–water partition coefficient (Wildman–Crippen LogP) is 18.8. The summed E-state index contributed by atoms with van der Waals surface area (Å²) in [6.07, 6.45) is 6.79. The fraction of sp³-hybridized carbons (Fsp3) is 0.0909. The molecule has 68 heavy (non-hydrogen) atoms. The molecule has 0 saturated heterocycles. The standard InChI is InChI=1S/C66H52N2/c1-43-34-44(2)37-53(36-43)67(49-21-7-5-8-22-49)51-31-33-61-63(41-51)65(59-29-17-20-47-18-11-13-25-55(47)59)60-32-30-52(68(50-23-9-6-10-24-50)54-38-45(3)35-46(4)39-54)42-64(60)66(61)62-40-48-19-12-14-26-56(48)57-27-15-16-28-58(57)62/h5-13,15-25,27-42H,14,26H2,1-4H3. The Labute approximate surface area is 399 Å².